The summed E-state index contributed by atoms with van der Waals surface area (Å²) < 4.78 is 31.1. The predicted molar refractivity (Wildman–Crippen MR) is 108 cm³/mol. The van der Waals surface area contributed by atoms with Crippen LogP contribution < -0.4 is 9.64 Å². The van der Waals surface area contributed by atoms with Crippen molar-refractivity contribution in [1.29, 1.82) is 0 Å². The molecule has 0 saturated heterocycles. The molecular formula is C21H21F2N5O3. The van der Waals surface area contributed by atoms with E-state index in [1.165, 1.54) is 23.4 Å². The minimum Gasteiger partial charge on any atom is -0.433 e. The minimum absolute atomic E-state index is 0.0664. The van der Waals surface area contributed by atoms with Crippen LogP contribution >= 0.6 is 0 Å². The summed E-state index contributed by atoms with van der Waals surface area (Å²) in [5, 5.41) is 14.2. The number of aliphatic hydroxyl groups excluding tert-OH is 1. The second-order valence-corrected chi connectivity index (χ2v) is 7.25. The number of carbonyl (C=O) groups excluding carboxylic acids is 1. The van der Waals surface area contributed by atoms with Crippen molar-refractivity contribution >= 4 is 11.7 Å². The lowest BCUT2D eigenvalue weighted by Crippen LogP contribution is -2.24. The van der Waals surface area contributed by atoms with Crippen LogP contribution in [0.4, 0.5) is 14.6 Å². The Balaban J connectivity index is 1.61. The van der Waals surface area contributed by atoms with Crippen LogP contribution in [0.25, 0.3) is 11.3 Å². The standard InChI is InChI=1S/C21H21F2N5O3/c1-3-14-7-19(26-28(14)10-12(2)29)27-11-18-16(20(27)30)4-5-17(25-18)13-6-15(9-24-8-13)31-21(22)23/h4-9,12,21,29H,3,10-11H2,1-2H3/t12-/m0/s1. The van der Waals surface area contributed by atoms with E-state index in [-0.39, 0.29) is 18.2 Å². The fourth-order valence-corrected chi connectivity index (χ4v) is 3.52. The third-order valence-corrected chi connectivity index (χ3v) is 4.92. The van der Waals surface area contributed by atoms with E-state index in [1.807, 2.05) is 13.0 Å². The van der Waals surface area contributed by atoms with E-state index in [0.29, 0.717) is 41.3 Å². The van der Waals surface area contributed by atoms with E-state index >= 15 is 0 Å². The van der Waals surface area contributed by atoms with E-state index in [0.717, 1.165) is 5.69 Å². The van der Waals surface area contributed by atoms with E-state index in [9.17, 15) is 18.7 Å². The lowest BCUT2D eigenvalue weighted by atomic mass is 10.1. The first-order chi connectivity index (χ1) is 14.9. The first kappa shape index (κ1) is 20.9. The Hall–Kier alpha value is -3.40. The fourth-order valence-electron chi connectivity index (χ4n) is 3.52. The first-order valence-corrected chi connectivity index (χ1v) is 9.82. The number of aromatic nitrogens is 4. The summed E-state index contributed by atoms with van der Waals surface area (Å²) in [6.45, 7) is 1.28. The average Bonchev–Trinajstić information content (AvgIpc) is 3.27. The third-order valence-electron chi connectivity index (χ3n) is 4.92. The van der Waals surface area contributed by atoms with Gasteiger partial charge in [-0.1, -0.05) is 6.92 Å². The van der Waals surface area contributed by atoms with Gasteiger partial charge in [-0.3, -0.25) is 24.3 Å². The summed E-state index contributed by atoms with van der Waals surface area (Å²) in [7, 11) is 0. The number of pyridine rings is 2. The van der Waals surface area contributed by atoms with Gasteiger partial charge >= 0.3 is 6.61 Å². The topological polar surface area (TPSA) is 93.4 Å². The highest BCUT2D eigenvalue weighted by atomic mass is 19.3. The molecular weight excluding hydrogens is 408 g/mol. The van der Waals surface area contributed by atoms with Crippen LogP contribution in [0, 0.1) is 0 Å². The van der Waals surface area contributed by atoms with Crippen molar-refractivity contribution in [2.45, 2.75) is 46.1 Å². The van der Waals surface area contributed by atoms with Crippen molar-refractivity contribution < 1.29 is 23.4 Å². The number of halogens is 2. The summed E-state index contributed by atoms with van der Waals surface area (Å²) in [6.07, 6.45) is 2.84. The van der Waals surface area contributed by atoms with E-state index < -0.39 is 12.7 Å². The van der Waals surface area contributed by atoms with Gasteiger partial charge in [0.1, 0.15) is 5.75 Å². The van der Waals surface area contributed by atoms with Crippen LogP contribution in [0.15, 0.2) is 36.7 Å². The monoisotopic (exact) mass is 429 g/mol. The number of hydrogen-bond acceptors (Lipinski definition) is 6. The Kier molecular flexibility index (Phi) is 5.64. The molecule has 0 aliphatic carbocycles. The number of nitrogens with zero attached hydrogens (tertiary/aromatic N) is 5. The van der Waals surface area contributed by atoms with E-state index in [1.54, 1.807) is 23.7 Å². The van der Waals surface area contributed by atoms with Gasteiger partial charge in [-0.25, -0.2) is 0 Å². The van der Waals surface area contributed by atoms with Crippen molar-refractivity contribution in [3.8, 4) is 17.0 Å². The molecule has 162 valence electrons. The fraction of sp³-hybridized carbons (Fsp3) is 0.333. The quantitative estimate of drug-likeness (QED) is 0.621. The van der Waals surface area contributed by atoms with Crippen molar-refractivity contribution in [1.82, 2.24) is 19.7 Å². The molecule has 4 heterocycles. The molecule has 1 N–H and O–H groups in total. The first-order valence-electron chi connectivity index (χ1n) is 9.82. The molecule has 1 aliphatic rings. The number of ether oxygens (including phenoxy) is 1. The lowest BCUT2D eigenvalue weighted by Gasteiger charge is -2.11. The summed E-state index contributed by atoms with van der Waals surface area (Å²) in [5.41, 5.74) is 2.93. The van der Waals surface area contributed by atoms with E-state index in [4.69, 9.17) is 0 Å². The molecule has 1 aliphatic heterocycles. The second-order valence-electron chi connectivity index (χ2n) is 7.25. The third kappa shape index (κ3) is 4.24. The number of carbonyl (C=O) groups is 1. The number of hydrogen-bond donors (Lipinski definition) is 1. The number of rotatable bonds is 7. The van der Waals surface area contributed by atoms with Gasteiger partial charge in [-0.2, -0.15) is 13.9 Å². The number of fused-ring (bicyclic) bond motifs is 1. The zero-order valence-electron chi connectivity index (χ0n) is 17.0. The lowest BCUT2D eigenvalue weighted by molar-refractivity contribution is -0.0500. The molecule has 0 radical (unpaired) electrons. The molecule has 0 aromatic carbocycles. The molecule has 3 aromatic rings. The maximum atomic E-state index is 12.9. The zero-order valence-corrected chi connectivity index (χ0v) is 17.0. The van der Waals surface area contributed by atoms with Gasteiger partial charge in [0.25, 0.3) is 5.91 Å². The van der Waals surface area contributed by atoms with Crippen molar-refractivity contribution in [2.75, 3.05) is 4.90 Å². The molecule has 1 amide bonds. The number of aryl methyl sites for hydroxylation is 1. The van der Waals surface area contributed by atoms with Crippen molar-refractivity contribution in [2.24, 2.45) is 0 Å². The van der Waals surface area contributed by atoms with Crippen LogP contribution in [0.3, 0.4) is 0 Å². The number of aliphatic hydroxyl groups is 1. The molecule has 0 spiro atoms. The largest absolute Gasteiger partial charge is 0.433 e. The van der Waals surface area contributed by atoms with Gasteiger partial charge in [0.05, 0.1) is 42.3 Å². The van der Waals surface area contributed by atoms with Crippen molar-refractivity contribution in [3.05, 3.63) is 53.6 Å². The Bertz CT molecular complexity index is 1120. The van der Waals surface area contributed by atoms with Gasteiger partial charge in [0.2, 0.25) is 0 Å². The van der Waals surface area contributed by atoms with Crippen LogP contribution in [0.1, 0.15) is 35.6 Å². The highest BCUT2D eigenvalue weighted by Crippen LogP contribution is 2.30. The second kappa shape index (κ2) is 8.38. The highest BCUT2D eigenvalue weighted by molar-refractivity contribution is 6.09. The average molecular weight is 429 g/mol. The van der Waals surface area contributed by atoms with Gasteiger partial charge in [-0.15, -0.1) is 0 Å². The Morgan fingerprint density at radius 3 is 2.77 bits per heavy atom. The number of amides is 1. The molecule has 10 heteroatoms. The summed E-state index contributed by atoms with van der Waals surface area (Å²) in [4.78, 5) is 22.9. The Labute approximate surface area is 177 Å². The van der Waals surface area contributed by atoms with Crippen molar-refractivity contribution in [3.63, 3.8) is 0 Å². The van der Waals surface area contributed by atoms with Gasteiger partial charge in [0.15, 0.2) is 5.82 Å². The maximum absolute atomic E-state index is 12.9. The Morgan fingerprint density at radius 2 is 2.06 bits per heavy atom. The van der Waals surface area contributed by atoms with Gasteiger partial charge in [-0.05, 0) is 31.5 Å². The molecule has 0 saturated carbocycles. The summed E-state index contributed by atoms with van der Waals surface area (Å²) in [6, 6.07) is 6.57. The predicted octanol–water partition coefficient (Wildman–Crippen LogP) is 3.05. The highest BCUT2D eigenvalue weighted by Gasteiger charge is 2.32. The summed E-state index contributed by atoms with van der Waals surface area (Å²) >= 11 is 0. The summed E-state index contributed by atoms with van der Waals surface area (Å²) in [5.74, 6) is 0.214. The molecule has 8 nitrogen and oxygen atoms in total. The minimum atomic E-state index is -2.95. The van der Waals surface area contributed by atoms with Gasteiger partial charge < -0.3 is 9.84 Å². The molecule has 0 unspecified atom stereocenters. The molecule has 4 rings (SSSR count). The van der Waals surface area contributed by atoms with E-state index in [2.05, 4.69) is 19.8 Å². The van der Waals surface area contributed by atoms with Crippen LogP contribution in [-0.2, 0) is 19.5 Å². The van der Waals surface area contributed by atoms with Crippen LogP contribution in [-0.4, -0.2) is 43.5 Å². The molecule has 0 bridgehead atoms. The molecule has 3 aromatic heterocycles. The van der Waals surface area contributed by atoms with Crippen LogP contribution in [0.2, 0.25) is 0 Å². The maximum Gasteiger partial charge on any atom is 0.387 e. The smallest absolute Gasteiger partial charge is 0.387 e. The Morgan fingerprint density at radius 1 is 1.26 bits per heavy atom. The zero-order chi connectivity index (χ0) is 22.1. The molecule has 1 atom stereocenters. The SMILES string of the molecule is CCc1cc(N2Cc3nc(-c4cncc(OC(F)F)c4)ccc3C2=O)nn1C[C@H](C)O. The van der Waals surface area contributed by atoms with Gasteiger partial charge in [0, 0.05) is 23.5 Å². The number of anilines is 1. The molecule has 31 heavy (non-hydrogen) atoms. The number of alkyl halides is 2. The normalized spacial score (nSPS) is 14.3. The molecule has 0 fully saturated rings. The van der Waals surface area contributed by atoms with Crippen LogP contribution in [0.5, 0.6) is 5.75 Å².